The van der Waals surface area contributed by atoms with Crippen LogP contribution in [0.15, 0.2) is 67.0 Å². The van der Waals surface area contributed by atoms with Crippen molar-refractivity contribution in [2.75, 3.05) is 34.4 Å². The van der Waals surface area contributed by atoms with E-state index in [0.717, 1.165) is 16.7 Å². The van der Waals surface area contributed by atoms with Gasteiger partial charge < -0.3 is 23.8 Å². The molecule has 0 unspecified atom stereocenters. The Morgan fingerprint density at radius 3 is 2.26 bits per heavy atom. The fraction of sp³-hybridized carbons (Fsp3) is 0.259. The maximum Gasteiger partial charge on any atom is 0.254 e. The molecule has 4 rings (SSSR count). The van der Waals surface area contributed by atoms with E-state index in [-0.39, 0.29) is 5.91 Å². The van der Waals surface area contributed by atoms with Crippen LogP contribution in [-0.4, -0.2) is 50.2 Å². The number of hydrogen-bond donors (Lipinski definition) is 0. The molecule has 0 saturated carbocycles. The molecule has 0 radical (unpaired) electrons. The van der Waals surface area contributed by atoms with E-state index < -0.39 is 0 Å². The van der Waals surface area contributed by atoms with Crippen molar-refractivity contribution in [2.45, 2.75) is 13.0 Å². The highest BCUT2D eigenvalue weighted by atomic mass is 16.5. The molecule has 2 aromatic carbocycles. The number of nitrogens with zero attached hydrogens (tertiary/aromatic N) is 2. The van der Waals surface area contributed by atoms with E-state index in [1.807, 2.05) is 41.3 Å². The summed E-state index contributed by atoms with van der Waals surface area (Å²) in [6, 6.07) is 14.8. The lowest BCUT2D eigenvalue weighted by molar-refractivity contribution is 0.0773. The van der Waals surface area contributed by atoms with Crippen LogP contribution < -0.4 is 18.9 Å². The van der Waals surface area contributed by atoms with Crippen LogP contribution in [-0.2, 0) is 6.61 Å². The summed E-state index contributed by atoms with van der Waals surface area (Å²) in [5.74, 6) is 2.73. The molecule has 0 aliphatic carbocycles. The minimum atomic E-state index is -0.0113. The van der Waals surface area contributed by atoms with Crippen LogP contribution in [0, 0.1) is 0 Å². The average Bonchev–Trinajstić information content (AvgIpc) is 2.91. The summed E-state index contributed by atoms with van der Waals surface area (Å²) < 4.78 is 22.3. The molecule has 0 N–H and O–H groups in total. The lowest BCUT2D eigenvalue weighted by atomic mass is 9.96. The molecule has 0 saturated heterocycles. The summed E-state index contributed by atoms with van der Waals surface area (Å²) in [5.41, 5.74) is 3.60. The average molecular weight is 461 g/mol. The first-order valence-electron chi connectivity index (χ1n) is 11.0. The first kappa shape index (κ1) is 23.2. The van der Waals surface area contributed by atoms with Gasteiger partial charge in [0.05, 0.1) is 26.9 Å². The SMILES string of the molecule is COc1cc(OC)c(C2=CCN(C(=O)c3ccc(OCc4cccnc4)cc3)CC2)c(OC)c1. The maximum absolute atomic E-state index is 13.0. The van der Waals surface area contributed by atoms with Crippen LogP contribution in [0.4, 0.5) is 0 Å². The highest BCUT2D eigenvalue weighted by Gasteiger charge is 2.23. The number of rotatable bonds is 8. The predicted octanol–water partition coefficient (Wildman–Crippen LogP) is 4.62. The van der Waals surface area contributed by atoms with E-state index in [2.05, 4.69) is 11.1 Å². The highest BCUT2D eigenvalue weighted by Crippen LogP contribution is 2.41. The zero-order chi connectivity index (χ0) is 23.9. The Morgan fingerprint density at radius 2 is 1.71 bits per heavy atom. The largest absolute Gasteiger partial charge is 0.496 e. The number of carbonyl (C=O) groups excluding carboxylic acids is 1. The number of benzene rings is 2. The molecule has 7 heteroatoms. The highest BCUT2D eigenvalue weighted by molar-refractivity contribution is 5.95. The van der Waals surface area contributed by atoms with Gasteiger partial charge in [0.15, 0.2) is 0 Å². The van der Waals surface area contributed by atoms with Crippen molar-refractivity contribution in [1.82, 2.24) is 9.88 Å². The second-order valence-electron chi connectivity index (χ2n) is 7.81. The standard InChI is InChI=1S/C27H28N2O5/c1-31-23-15-24(32-2)26(25(16-23)33-3)20-10-13-29(14-11-20)27(30)21-6-8-22(9-7-21)34-18-19-5-4-12-28-17-19/h4-10,12,15-17H,11,13-14,18H2,1-3H3. The summed E-state index contributed by atoms with van der Waals surface area (Å²) in [4.78, 5) is 19.0. The second kappa shape index (κ2) is 10.7. The Bertz CT molecular complexity index is 1130. The van der Waals surface area contributed by atoms with Crippen molar-refractivity contribution < 1.29 is 23.7 Å². The zero-order valence-corrected chi connectivity index (χ0v) is 19.6. The van der Waals surface area contributed by atoms with Crippen LogP contribution in [0.5, 0.6) is 23.0 Å². The molecule has 34 heavy (non-hydrogen) atoms. The summed E-state index contributed by atoms with van der Waals surface area (Å²) in [6.45, 7) is 1.53. The predicted molar refractivity (Wildman–Crippen MR) is 130 cm³/mol. The number of pyridine rings is 1. The first-order valence-corrected chi connectivity index (χ1v) is 11.0. The van der Waals surface area contributed by atoms with Gasteiger partial charge in [-0.05, 0) is 42.3 Å². The van der Waals surface area contributed by atoms with Gasteiger partial charge in [-0.15, -0.1) is 0 Å². The van der Waals surface area contributed by atoms with Crippen LogP contribution >= 0.6 is 0 Å². The van der Waals surface area contributed by atoms with E-state index >= 15 is 0 Å². The Balaban J connectivity index is 1.43. The molecular formula is C27H28N2O5. The van der Waals surface area contributed by atoms with Crippen LogP contribution in [0.2, 0.25) is 0 Å². The Kier molecular flexibility index (Phi) is 7.32. The Hall–Kier alpha value is -4.00. The number of carbonyl (C=O) groups is 1. The van der Waals surface area contributed by atoms with E-state index in [4.69, 9.17) is 18.9 Å². The molecule has 2 heterocycles. The summed E-state index contributed by atoms with van der Waals surface area (Å²) in [7, 11) is 4.86. The van der Waals surface area contributed by atoms with Gasteiger partial charge in [-0.1, -0.05) is 12.1 Å². The third-order valence-corrected chi connectivity index (χ3v) is 5.76. The van der Waals surface area contributed by atoms with Crippen molar-refractivity contribution in [3.8, 4) is 23.0 Å². The molecule has 0 atom stereocenters. The maximum atomic E-state index is 13.0. The number of methoxy groups -OCH3 is 3. The van der Waals surface area contributed by atoms with Gasteiger partial charge in [-0.25, -0.2) is 0 Å². The fourth-order valence-electron chi connectivity index (χ4n) is 3.93. The Labute approximate surface area is 199 Å². The zero-order valence-electron chi connectivity index (χ0n) is 19.6. The smallest absolute Gasteiger partial charge is 0.254 e. The third-order valence-electron chi connectivity index (χ3n) is 5.76. The number of hydrogen-bond acceptors (Lipinski definition) is 6. The summed E-state index contributed by atoms with van der Waals surface area (Å²) in [5, 5.41) is 0. The quantitative estimate of drug-likeness (QED) is 0.489. The number of amides is 1. The summed E-state index contributed by atoms with van der Waals surface area (Å²) >= 11 is 0. The fourth-order valence-corrected chi connectivity index (χ4v) is 3.93. The van der Waals surface area contributed by atoms with Gasteiger partial charge in [0, 0.05) is 48.7 Å². The van der Waals surface area contributed by atoms with Crippen LogP contribution in [0.3, 0.4) is 0 Å². The molecule has 1 aliphatic rings. The number of ether oxygens (including phenoxy) is 4. The van der Waals surface area contributed by atoms with E-state index in [0.29, 0.717) is 54.7 Å². The van der Waals surface area contributed by atoms with Gasteiger partial charge in [-0.2, -0.15) is 0 Å². The second-order valence-corrected chi connectivity index (χ2v) is 7.81. The molecule has 0 spiro atoms. The molecule has 1 amide bonds. The van der Waals surface area contributed by atoms with Gasteiger partial charge in [0.2, 0.25) is 0 Å². The van der Waals surface area contributed by atoms with Gasteiger partial charge >= 0.3 is 0 Å². The molecule has 3 aromatic rings. The molecule has 176 valence electrons. The molecular weight excluding hydrogens is 432 g/mol. The Morgan fingerprint density at radius 1 is 0.971 bits per heavy atom. The van der Waals surface area contributed by atoms with Crippen LogP contribution in [0.25, 0.3) is 5.57 Å². The number of aromatic nitrogens is 1. The topological polar surface area (TPSA) is 70.1 Å². The van der Waals surface area contributed by atoms with Crippen molar-refractivity contribution in [1.29, 1.82) is 0 Å². The first-order chi connectivity index (χ1) is 16.6. The summed E-state index contributed by atoms with van der Waals surface area (Å²) in [6.07, 6.45) is 6.25. The third kappa shape index (κ3) is 5.14. The van der Waals surface area contributed by atoms with E-state index in [1.54, 1.807) is 45.9 Å². The molecule has 0 bridgehead atoms. The lowest BCUT2D eigenvalue weighted by Crippen LogP contribution is -2.34. The minimum absolute atomic E-state index is 0.0113. The van der Waals surface area contributed by atoms with E-state index in [9.17, 15) is 4.79 Å². The van der Waals surface area contributed by atoms with Gasteiger partial charge in [0.1, 0.15) is 29.6 Å². The van der Waals surface area contributed by atoms with Crippen molar-refractivity contribution in [3.63, 3.8) is 0 Å². The monoisotopic (exact) mass is 460 g/mol. The van der Waals surface area contributed by atoms with Crippen molar-refractivity contribution in [3.05, 3.63) is 83.7 Å². The minimum Gasteiger partial charge on any atom is -0.496 e. The molecule has 7 nitrogen and oxygen atoms in total. The van der Waals surface area contributed by atoms with E-state index in [1.165, 1.54) is 0 Å². The molecule has 1 aliphatic heterocycles. The van der Waals surface area contributed by atoms with Crippen LogP contribution in [0.1, 0.15) is 27.9 Å². The van der Waals surface area contributed by atoms with Gasteiger partial charge in [-0.3, -0.25) is 9.78 Å². The van der Waals surface area contributed by atoms with Crippen molar-refractivity contribution >= 4 is 11.5 Å². The normalized spacial score (nSPS) is 13.1. The molecule has 0 fully saturated rings. The van der Waals surface area contributed by atoms with Crippen molar-refractivity contribution in [2.24, 2.45) is 0 Å². The van der Waals surface area contributed by atoms with Gasteiger partial charge in [0.25, 0.3) is 5.91 Å². The lowest BCUT2D eigenvalue weighted by Gasteiger charge is -2.28. The molecule has 1 aromatic heterocycles.